The lowest BCUT2D eigenvalue weighted by atomic mass is 10.4. The summed E-state index contributed by atoms with van der Waals surface area (Å²) in [6.07, 6.45) is 0.877. The number of hydrogen-bond acceptors (Lipinski definition) is 2. The lowest BCUT2D eigenvalue weighted by molar-refractivity contribution is -0.134. The first kappa shape index (κ1) is 10.6. The second-order valence-corrected chi connectivity index (χ2v) is 2.10. The van der Waals surface area contributed by atoms with Gasteiger partial charge in [-0.05, 0) is 0 Å². The van der Waals surface area contributed by atoms with Crippen LogP contribution in [0.3, 0.4) is 0 Å². The quantitative estimate of drug-likeness (QED) is 0.522. The monoisotopic (exact) mass is 194 g/mol. The minimum Gasteiger partial charge on any atom is -0.478 e. The van der Waals surface area contributed by atoms with Gasteiger partial charge < -0.3 is 10.2 Å². The van der Waals surface area contributed by atoms with E-state index in [1.54, 1.807) is 0 Å². The summed E-state index contributed by atoms with van der Waals surface area (Å²) in [5.41, 5.74) is 0. The summed E-state index contributed by atoms with van der Waals surface area (Å²) in [7, 11) is 0. The Morgan fingerprint density at radius 2 is 1.75 bits per heavy atom. The van der Waals surface area contributed by atoms with E-state index in [4.69, 9.17) is 21.8 Å². The third-order valence-electron chi connectivity index (χ3n) is 0.730. The molecule has 0 bridgehead atoms. The molecular formula is C6H4ClFO4. The molecule has 0 radical (unpaired) electrons. The van der Waals surface area contributed by atoms with E-state index in [0.717, 1.165) is 0 Å². The fourth-order valence-corrected chi connectivity index (χ4v) is 0.532. The standard InChI is InChI=1S/C6H4ClFO4/c7-3(2-5(9)10)1-4(8)6(11)12/h1-2H,(H,9,10)(H,11,12)/b3-2+,4-1+. The second kappa shape index (κ2) is 4.50. The van der Waals surface area contributed by atoms with Crippen LogP contribution in [0.5, 0.6) is 0 Å². The van der Waals surface area contributed by atoms with Crippen LogP contribution in [0.25, 0.3) is 0 Å². The van der Waals surface area contributed by atoms with E-state index >= 15 is 0 Å². The lowest BCUT2D eigenvalue weighted by Crippen LogP contribution is -1.95. The van der Waals surface area contributed by atoms with Gasteiger partial charge in [0.2, 0.25) is 5.83 Å². The van der Waals surface area contributed by atoms with E-state index in [2.05, 4.69) is 0 Å². The van der Waals surface area contributed by atoms with Crippen LogP contribution in [0.4, 0.5) is 4.39 Å². The number of hydrogen-bond donors (Lipinski definition) is 2. The fourth-order valence-electron chi connectivity index (χ4n) is 0.342. The van der Waals surface area contributed by atoms with Gasteiger partial charge in [-0.1, -0.05) is 11.6 Å². The Balaban J connectivity index is 4.54. The number of rotatable bonds is 3. The summed E-state index contributed by atoms with van der Waals surface area (Å²) in [6, 6.07) is 0. The Labute approximate surface area is 71.6 Å². The van der Waals surface area contributed by atoms with Crippen molar-refractivity contribution < 1.29 is 24.2 Å². The predicted octanol–water partition coefficient (Wildman–Crippen LogP) is 1.13. The van der Waals surface area contributed by atoms with Crippen molar-refractivity contribution in [1.82, 2.24) is 0 Å². The molecule has 0 amide bonds. The van der Waals surface area contributed by atoms with Crippen molar-refractivity contribution >= 4 is 23.5 Å². The second-order valence-electron chi connectivity index (χ2n) is 1.66. The molecule has 0 fully saturated rings. The highest BCUT2D eigenvalue weighted by atomic mass is 35.5. The molecule has 0 unspecified atom stereocenters. The van der Waals surface area contributed by atoms with Gasteiger partial charge in [-0.15, -0.1) is 0 Å². The van der Waals surface area contributed by atoms with Gasteiger partial charge in [0.15, 0.2) is 0 Å². The molecule has 0 aromatic heterocycles. The summed E-state index contributed by atoms with van der Waals surface area (Å²) < 4.78 is 12.2. The highest BCUT2D eigenvalue weighted by Gasteiger charge is 2.05. The number of allylic oxidation sites excluding steroid dienone is 2. The Morgan fingerprint density at radius 3 is 2.08 bits per heavy atom. The molecule has 0 spiro atoms. The van der Waals surface area contributed by atoms with Crippen LogP contribution in [0.15, 0.2) is 23.0 Å². The average Bonchev–Trinajstić information content (AvgIpc) is 1.84. The number of carbonyl (C=O) groups is 2. The van der Waals surface area contributed by atoms with Gasteiger partial charge in [-0.2, -0.15) is 4.39 Å². The maximum absolute atomic E-state index is 12.2. The maximum Gasteiger partial charge on any atom is 0.364 e. The number of carboxylic acids is 2. The van der Waals surface area contributed by atoms with E-state index in [1.165, 1.54) is 0 Å². The van der Waals surface area contributed by atoms with Crippen molar-refractivity contribution in [1.29, 1.82) is 0 Å². The zero-order chi connectivity index (χ0) is 9.72. The van der Waals surface area contributed by atoms with Crippen molar-refractivity contribution in [3.63, 3.8) is 0 Å². The normalized spacial score (nSPS) is 12.8. The predicted molar refractivity (Wildman–Crippen MR) is 38.4 cm³/mol. The molecule has 12 heavy (non-hydrogen) atoms. The Bertz CT molecular complexity index is 269. The molecule has 0 saturated heterocycles. The molecule has 0 heterocycles. The number of carboxylic acid groups (broad SMARTS) is 2. The van der Waals surface area contributed by atoms with Crippen molar-refractivity contribution in [3.8, 4) is 0 Å². The molecule has 0 aromatic carbocycles. The molecule has 0 aliphatic rings. The van der Waals surface area contributed by atoms with Crippen LogP contribution < -0.4 is 0 Å². The smallest absolute Gasteiger partial charge is 0.364 e. The van der Waals surface area contributed by atoms with Crippen molar-refractivity contribution in [3.05, 3.63) is 23.0 Å². The molecule has 0 aromatic rings. The van der Waals surface area contributed by atoms with E-state index < -0.39 is 22.8 Å². The average molecular weight is 195 g/mol. The molecule has 66 valence electrons. The largest absolute Gasteiger partial charge is 0.478 e. The van der Waals surface area contributed by atoms with E-state index in [1.807, 2.05) is 0 Å². The van der Waals surface area contributed by atoms with Gasteiger partial charge in [0, 0.05) is 12.2 Å². The first-order chi connectivity index (χ1) is 5.43. The zero-order valence-electron chi connectivity index (χ0n) is 5.62. The molecule has 0 atom stereocenters. The molecule has 0 saturated carbocycles. The molecule has 2 N–H and O–H groups in total. The Hall–Kier alpha value is -1.36. The topological polar surface area (TPSA) is 74.6 Å². The SMILES string of the molecule is O=C(O)/C=C(Cl)\C=C(\F)C(=O)O. The molecule has 4 nitrogen and oxygen atoms in total. The van der Waals surface area contributed by atoms with Crippen LogP contribution in [0, 0.1) is 0 Å². The maximum atomic E-state index is 12.2. The first-order valence-electron chi connectivity index (χ1n) is 2.64. The number of aliphatic carboxylic acids is 2. The first-order valence-corrected chi connectivity index (χ1v) is 3.02. The molecule has 0 aliphatic heterocycles. The molecular weight excluding hydrogens is 191 g/mol. The van der Waals surface area contributed by atoms with Gasteiger partial charge >= 0.3 is 11.9 Å². The van der Waals surface area contributed by atoms with Crippen LogP contribution in [-0.4, -0.2) is 22.2 Å². The zero-order valence-corrected chi connectivity index (χ0v) is 6.38. The van der Waals surface area contributed by atoms with Crippen molar-refractivity contribution in [2.45, 2.75) is 0 Å². The minimum atomic E-state index is -1.80. The number of halogens is 2. The highest BCUT2D eigenvalue weighted by Crippen LogP contribution is 2.08. The van der Waals surface area contributed by atoms with E-state index in [9.17, 15) is 14.0 Å². The van der Waals surface area contributed by atoms with Crippen LogP contribution >= 0.6 is 11.6 Å². The summed E-state index contributed by atoms with van der Waals surface area (Å²) in [4.78, 5) is 19.7. The summed E-state index contributed by atoms with van der Waals surface area (Å²) >= 11 is 5.12. The van der Waals surface area contributed by atoms with E-state index in [-0.39, 0.29) is 0 Å². The van der Waals surface area contributed by atoms with Gasteiger partial charge in [0.1, 0.15) is 0 Å². The summed E-state index contributed by atoms with van der Waals surface area (Å²) in [5, 5.41) is 15.6. The van der Waals surface area contributed by atoms with Gasteiger partial charge in [0.05, 0.1) is 5.03 Å². The molecule has 0 rings (SSSR count). The van der Waals surface area contributed by atoms with Gasteiger partial charge in [0.25, 0.3) is 0 Å². The van der Waals surface area contributed by atoms with E-state index in [0.29, 0.717) is 12.2 Å². The molecule has 6 heteroatoms. The van der Waals surface area contributed by atoms with Crippen molar-refractivity contribution in [2.75, 3.05) is 0 Å². The van der Waals surface area contributed by atoms with Crippen molar-refractivity contribution in [2.24, 2.45) is 0 Å². The third kappa shape index (κ3) is 4.45. The van der Waals surface area contributed by atoms with Crippen LogP contribution in [0.1, 0.15) is 0 Å². The van der Waals surface area contributed by atoms with Crippen LogP contribution in [-0.2, 0) is 9.59 Å². The Morgan fingerprint density at radius 1 is 1.25 bits per heavy atom. The Kier molecular flexibility index (Phi) is 3.99. The fraction of sp³-hybridized carbons (Fsp3) is 0. The highest BCUT2D eigenvalue weighted by molar-refractivity contribution is 6.32. The minimum absolute atomic E-state index is 0.401. The third-order valence-corrected chi connectivity index (χ3v) is 0.949. The molecule has 0 aliphatic carbocycles. The van der Waals surface area contributed by atoms with Crippen LogP contribution in [0.2, 0.25) is 0 Å². The summed E-state index contributed by atoms with van der Waals surface area (Å²) in [6.45, 7) is 0. The summed E-state index contributed by atoms with van der Waals surface area (Å²) in [5.74, 6) is -4.70. The lowest BCUT2D eigenvalue weighted by Gasteiger charge is -1.87. The van der Waals surface area contributed by atoms with Gasteiger partial charge in [-0.3, -0.25) is 0 Å². The van der Waals surface area contributed by atoms with Gasteiger partial charge in [-0.25, -0.2) is 9.59 Å².